The van der Waals surface area contributed by atoms with Crippen molar-refractivity contribution in [2.24, 2.45) is 5.90 Å². The van der Waals surface area contributed by atoms with Gasteiger partial charge in [-0.2, -0.15) is 0 Å². The zero-order valence-corrected chi connectivity index (χ0v) is 8.56. The molecule has 0 saturated carbocycles. The third-order valence-corrected chi connectivity index (χ3v) is 3.16. The van der Waals surface area contributed by atoms with E-state index in [-0.39, 0.29) is 0 Å². The second-order valence-corrected chi connectivity index (χ2v) is 7.01. The Labute approximate surface area is 57.5 Å². The summed E-state index contributed by atoms with van der Waals surface area (Å²) in [6.07, 6.45) is 0.829. The molecule has 0 aromatic rings. The molecule has 0 fully saturated rings. The van der Waals surface area contributed by atoms with E-state index in [2.05, 4.69) is 4.62 Å². The van der Waals surface area contributed by atoms with Gasteiger partial charge in [0.15, 0.2) is 0 Å². The molecule has 0 aliphatic rings. The van der Waals surface area contributed by atoms with Gasteiger partial charge in [0.05, 0.1) is 6.61 Å². The largest absolute Gasteiger partial charge is 0.313 e. The van der Waals surface area contributed by atoms with Gasteiger partial charge < -0.3 is 4.52 Å². The SMILES string of the molecule is CCCOP(=O)([SiH3])ON. The van der Waals surface area contributed by atoms with Crippen LogP contribution in [-0.2, 0) is 13.7 Å². The number of hydrogen-bond acceptors (Lipinski definition) is 4. The lowest BCUT2D eigenvalue weighted by Crippen LogP contribution is -2.00. The highest BCUT2D eigenvalue weighted by atomic mass is 31.4. The molecule has 0 rings (SSSR count). The third kappa shape index (κ3) is 4.81. The van der Waals surface area contributed by atoms with Crippen LogP contribution in [0.3, 0.4) is 0 Å². The Morgan fingerprint density at radius 2 is 2.33 bits per heavy atom. The average Bonchev–Trinajstić information content (AvgIpc) is 1.84. The van der Waals surface area contributed by atoms with Gasteiger partial charge in [-0.3, -0.25) is 4.57 Å². The molecule has 0 aromatic carbocycles. The summed E-state index contributed by atoms with van der Waals surface area (Å²) >= 11 is 0. The van der Waals surface area contributed by atoms with Gasteiger partial charge in [-0.15, -0.1) is 0 Å². The van der Waals surface area contributed by atoms with Gasteiger partial charge in [-0.25, -0.2) is 10.5 Å². The fourth-order valence-corrected chi connectivity index (χ4v) is 1.41. The quantitative estimate of drug-likeness (QED) is 0.359. The summed E-state index contributed by atoms with van der Waals surface area (Å²) in [6.45, 7) is 2.38. The van der Waals surface area contributed by atoms with E-state index in [1.807, 2.05) is 6.92 Å². The highest BCUT2D eigenvalue weighted by Crippen LogP contribution is 2.39. The molecule has 6 heteroatoms. The maximum Gasteiger partial charge on any atom is 0.301 e. The second-order valence-electron chi connectivity index (χ2n) is 1.71. The summed E-state index contributed by atoms with van der Waals surface area (Å²) in [5.41, 5.74) is 0. The maximum atomic E-state index is 10.8. The molecule has 0 bridgehead atoms. The van der Waals surface area contributed by atoms with E-state index in [0.717, 1.165) is 6.42 Å². The molecule has 0 aromatic heterocycles. The zero-order chi connectivity index (χ0) is 7.33. The molecule has 2 N–H and O–H groups in total. The molecule has 0 saturated heterocycles. The number of rotatable bonds is 4. The lowest BCUT2D eigenvalue weighted by molar-refractivity contribution is 0.222. The molecular formula is C3H12NO3PSi. The second kappa shape index (κ2) is 4.19. The van der Waals surface area contributed by atoms with Crippen molar-refractivity contribution in [1.82, 2.24) is 0 Å². The first-order valence-corrected chi connectivity index (χ1v) is 7.40. The summed E-state index contributed by atoms with van der Waals surface area (Å²) in [5.74, 6) is 4.69. The maximum absolute atomic E-state index is 10.8. The van der Waals surface area contributed by atoms with Crippen molar-refractivity contribution in [3.63, 3.8) is 0 Å². The lowest BCUT2D eigenvalue weighted by atomic mass is 10.5. The van der Waals surface area contributed by atoms with E-state index in [1.54, 1.807) is 0 Å². The zero-order valence-electron chi connectivity index (χ0n) is 5.66. The van der Waals surface area contributed by atoms with Gasteiger partial charge in [-0.1, -0.05) is 6.92 Å². The van der Waals surface area contributed by atoms with E-state index in [9.17, 15) is 4.57 Å². The molecule has 0 spiro atoms. The van der Waals surface area contributed by atoms with Gasteiger partial charge in [0.2, 0.25) is 0 Å². The first-order chi connectivity index (χ1) is 4.12. The van der Waals surface area contributed by atoms with E-state index < -0.39 is 7.14 Å². The molecule has 0 radical (unpaired) electrons. The van der Waals surface area contributed by atoms with Crippen LogP contribution in [0.4, 0.5) is 0 Å². The van der Waals surface area contributed by atoms with Crippen LogP contribution in [0.1, 0.15) is 13.3 Å². The van der Waals surface area contributed by atoms with Gasteiger partial charge >= 0.3 is 7.14 Å². The van der Waals surface area contributed by atoms with Crippen molar-refractivity contribution in [3.8, 4) is 0 Å². The Morgan fingerprint density at radius 1 is 1.78 bits per heavy atom. The van der Waals surface area contributed by atoms with Crippen molar-refractivity contribution < 1.29 is 13.7 Å². The van der Waals surface area contributed by atoms with Crippen LogP contribution in [0.5, 0.6) is 0 Å². The van der Waals surface area contributed by atoms with Gasteiger partial charge in [-0.05, 0) is 6.42 Å². The molecule has 0 heterocycles. The average molecular weight is 169 g/mol. The number of hydrogen-bond donors (Lipinski definition) is 1. The summed E-state index contributed by atoms with van der Waals surface area (Å²) < 4.78 is 19.8. The van der Waals surface area contributed by atoms with Gasteiger partial charge in [0, 0.05) is 0 Å². The molecule has 9 heavy (non-hydrogen) atoms. The van der Waals surface area contributed by atoms with E-state index in [4.69, 9.17) is 10.4 Å². The Bertz CT molecular complexity index is 120. The topological polar surface area (TPSA) is 61.5 Å². The molecule has 1 atom stereocenters. The van der Waals surface area contributed by atoms with Gasteiger partial charge in [0.25, 0.3) is 0 Å². The number of nitrogens with two attached hydrogens (primary N) is 1. The van der Waals surface area contributed by atoms with Crippen LogP contribution in [0, 0.1) is 0 Å². The Balaban J connectivity index is 3.46. The normalized spacial score (nSPS) is 17.6. The van der Waals surface area contributed by atoms with E-state index in [0.29, 0.717) is 16.5 Å². The van der Waals surface area contributed by atoms with Crippen molar-refractivity contribution in [1.29, 1.82) is 0 Å². The fourth-order valence-electron chi connectivity index (χ4n) is 0.288. The molecule has 56 valence electrons. The van der Waals surface area contributed by atoms with Gasteiger partial charge in [0.1, 0.15) is 9.91 Å². The van der Waals surface area contributed by atoms with Crippen LogP contribution in [0.2, 0.25) is 0 Å². The standard InChI is InChI=1S/C3H12NO3PSi/c1-2-3-6-8(5,9)7-4/h2-4H2,1,9H3. The molecule has 4 nitrogen and oxygen atoms in total. The van der Waals surface area contributed by atoms with E-state index in [1.165, 1.54) is 0 Å². The highest BCUT2D eigenvalue weighted by molar-refractivity contribution is 7.79. The van der Waals surface area contributed by atoms with Crippen molar-refractivity contribution in [3.05, 3.63) is 0 Å². The molecular weight excluding hydrogens is 157 g/mol. The first-order valence-electron chi connectivity index (χ1n) is 2.73. The van der Waals surface area contributed by atoms with Crippen molar-refractivity contribution in [2.45, 2.75) is 13.3 Å². The Morgan fingerprint density at radius 3 is 2.67 bits per heavy atom. The summed E-state index contributed by atoms with van der Waals surface area (Å²) in [5, 5.41) is 0. The highest BCUT2D eigenvalue weighted by Gasteiger charge is 2.12. The minimum atomic E-state index is -2.77. The predicted octanol–water partition coefficient (Wildman–Crippen LogP) is -0.223. The summed E-state index contributed by atoms with van der Waals surface area (Å²) in [4.78, 5) is 0. The monoisotopic (exact) mass is 169 g/mol. The Hall–Kier alpha value is 0.327. The van der Waals surface area contributed by atoms with Crippen molar-refractivity contribution in [2.75, 3.05) is 6.61 Å². The van der Waals surface area contributed by atoms with Crippen LogP contribution >= 0.6 is 7.14 Å². The minimum Gasteiger partial charge on any atom is -0.313 e. The smallest absolute Gasteiger partial charge is 0.301 e. The minimum absolute atomic E-state index is 0.349. The molecule has 0 aliphatic carbocycles. The van der Waals surface area contributed by atoms with Crippen molar-refractivity contribution >= 4 is 17.1 Å². The van der Waals surface area contributed by atoms with Crippen LogP contribution < -0.4 is 5.90 Å². The van der Waals surface area contributed by atoms with Crippen LogP contribution in [0.25, 0.3) is 0 Å². The Kier molecular flexibility index (Phi) is 4.34. The lowest BCUT2D eigenvalue weighted by Gasteiger charge is -2.08. The molecule has 1 unspecified atom stereocenters. The van der Waals surface area contributed by atoms with E-state index >= 15 is 0 Å². The van der Waals surface area contributed by atoms with Crippen LogP contribution in [0.15, 0.2) is 0 Å². The molecule has 0 aliphatic heterocycles. The predicted molar refractivity (Wildman–Crippen MR) is 39.1 cm³/mol. The first kappa shape index (κ1) is 9.33. The fraction of sp³-hybridized carbons (Fsp3) is 1.00. The summed E-state index contributed by atoms with van der Waals surface area (Å²) in [6, 6.07) is 0. The van der Waals surface area contributed by atoms with Crippen LogP contribution in [-0.4, -0.2) is 16.5 Å². The third-order valence-electron chi connectivity index (χ3n) is 0.721. The summed E-state index contributed by atoms with van der Waals surface area (Å²) in [7, 11) is -2.42. The molecule has 0 amide bonds.